The number of aromatic nitrogens is 2. The highest BCUT2D eigenvalue weighted by molar-refractivity contribution is 7.89. The molecule has 1 saturated heterocycles. The molecule has 3 rings (SSSR count). The summed E-state index contributed by atoms with van der Waals surface area (Å²) < 4.78 is 31.5. The maximum atomic E-state index is 12.1. The lowest BCUT2D eigenvalue weighted by atomic mass is 10.00. The number of aryl methyl sites for hydroxylation is 1. The molecule has 0 radical (unpaired) electrons. The van der Waals surface area contributed by atoms with Gasteiger partial charge in [0.1, 0.15) is 0 Å². The SMILES string of the molecule is CCS(=O)(=O)N1CCC[C@H](c2nnc(-c3ccccc3C)o2)C1. The summed E-state index contributed by atoms with van der Waals surface area (Å²) in [7, 11) is -3.17. The van der Waals surface area contributed by atoms with E-state index >= 15 is 0 Å². The minimum atomic E-state index is -3.17. The number of hydrogen-bond donors (Lipinski definition) is 0. The summed E-state index contributed by atoms with van der Waals surface area (Å²) in [5.41, 5.74) is 1.99. The van der Waals surface area contributed by atoms with Gasteiger partial charge in [0.05, 0.1) is 11.7 Å². The lowest BCUT2D eigenvalue weighted by molar-refractivity contribution is 0.286. The molecule has 0 saturated carbocycles. The summed E-state index contributed by atoms with van der Waals surface area (Å²) in [6.45, 7) is 4.66. The lowest BCUT2D eigenvalue weighted by Crippen LogP contribution is -2.39. The Balaban J connectivity index is 1.82. The molecule has 0 N–H and O–H groups in total. The van der Waals surface area contributed by atoms with Gasteiger partial charge in [-0.2, -0.15) is 0 Å². The summed E-state index contributed by atoms with van der Waals surface area (Å²) in [5.74, 6) is 1.11. The molecule has 1 aromatic heterocycles. The molecule has 0 bridgehead atoms. The molecule has 124 valence electrons. The van der Waals surface area contributed by atoms with E-state index in [1.54, 1.807) is 11.2 Å². The molecule has 1 atom stereocenters. The highest BCUT2D eigenvalue weighted by atomic mass is 32.2. The van der Waals surface area contributed by atoms with Crippen LogP contribution in [0, 0.1) is 6.92 Å². The van der Waals surface area contributed by atoms with Crippen molar-refractivity contribution in [3.63, 3.8) is 0 Å². The number of piperidine rings is 1. The van der Waals surface area contributed by atoms with Crippen LogP contribution in [0.15, 0.2) is 28.7 Å². The van der Waals surface area contributed by atoms with Crippen LogP contribution in [0.5, 0.6) is 0 Å². The summed E-state index contributed by atoms with van der Waals surface area (Å²) in [5, 5.41) is 8.31. The van der Waals surface area contributed by atoms with E-state index in [1.807, 2.05) is 31.2 Å². The van der Waals surface area contributed by atoms with Gasteiger partial charge < -0.3 is 4.42 Å². The number of benzene rings is 1. The fraction of sp³-hybridized carbons (Fsp3) is 0.500. The van der Waals surface area contributed by atoms with E-state index in [2.05, 4.69) is 10.2 Å². The van der Waals surface area contributed by atoms with Gasteiger partial charge in [0.15, 0.2) is 0 Å². The first-order valence-electron chi connectivity index (χ1n) is 7.88. The van der Waals surface area contributed by atoms with Crippen molar-refractivity contribution in [1.82, 2.24) is 14.5 Å². The average molecular weight is 335 g/mol. The number of nitrogens with zero attached hydrogens (tertiary/aromatic N) is 3. The fourth-order valence-corrected chi connectivity index (χ4v) is 4.08. The van der Waals surface area contributed by atoms with Crippen LogP contribution in [0.2, 0.25) is 0 Å². The molecule has 0 unspecified atom stereocenters. The first-order chi connectivity index (χ1) is 11.0. The molecule has 2 heterocycles. The molecule has 0 aliphatic carbocycles. The molecule has 1 aliphatic rings. The standard InChI is InChI=1S/C16H21N3O3S/c1-3-23(20,21)19-10-6-8-13(11-19)15-17-18-16(22-15)14-9-5-4-7-12(14)2/h4-5,7,9,13H,3,6,8,10-11H2,1-2H3/t13-/m0/s1. The third kappa shape index (κ3) is 3.30. The van der Waals surface area contributed by atoms with Crippen molar-refractivity contribution in [2.75, 3.05) is 18.8 Å². The van der Waals surface area contributed by atoms with Crippen molar-refractivity contribution < 1.29 is 12.8 Å². The predicted octanol–water partition coefficient (Wildman–Crippen LogP) is 2.57. The minimum Gasteiger partial charge on any atom is -0.420 e. The van der Waals surface area contributed by atoms with Crippen molar-refractivity contribution in [1.29, 1.82) is 0 Å². The van der Waals surface area contributed by atoms with Gasteiger partial charge >= 0.3 is 0 Å². The van der Waals surface area contributed by atoms with Crippen LogP contribution in [0.4, 0.5) is 0 Å². The number of rotatable bonds is 4. The average Bonchev–Trinajstić information content (AvgIpc) is 3.05. The van der Waals surface area contributed by atoms with Crippen LogP contribution in [-0.4, -0.2) is 41.8 Å². The van der Waals surface area contributed by atoms with Crippen molar-refractivity contribution in [2.45, 2.75) is 32.6 Å². The molecular weight excluding hydrogens is 314 g/mol. The summed E-state index contributed by atoms with van der Waals surface area (Å²) in [6.07, 6.45) is 1.68. The van der Waals surface area contributed by atoms with Gasteiger partial charge in [0.2, 0.25) is 21.8 Å². The topological polar surface area (TPSA) is 76.3 Å². The minimum absolute atomic E-state index is 0.0321. The van der Waals surface area contributed by atoms with E-state index in [4.69, 9.17) is 4.42 Å². The van der Waals surface area contributed by atoms with E-state index in [-0.39, 0.29) is 11.7 Å². The Labute approximate surface area is 136 Å². The zero-order valence-corrected chi connectivity index (χ0v) is 14.2. The monoisotopic (exact) mass is 335 g/mol. The molecule has 0 amide bonds. The highest BCUT2D eigenvalue weighted by Crippen LogP contribution is 2.30. The third-order valence-electron chi connectivity index (χ3n) is 4.31. The van der Waals surface area contributed by atoms with Crippen LogP contribution < -0.4 is 0 Å². The molecule has 1 aromatic carbocycles. The molecule has 0 spiro atoms. The molecular formula is C16H21N3O3S. The van der Waals surface area contributed by atoms with Crippen LogP contribution >= 0.6 is 0 Å². The molecule has 6 nitrogen and oxygen atoms in total. The van der Waals surface area contributed by atoms with E-state index in [1.165, 1.54) is 0 Å². The summed E-state index contributed by atoms with van der Waals surface area (Å²) >= 11 is 0. The highest BCUT2D eigenvalue weighted by Gasteiger charge is 2.31. The second kappa shape index (κ2) is 6.41. The zero-order chi connectivity index (χ0) is 16.4. The van der Waals surface area contributed by atoms with Gasteiger partial charge in [-0.15, -0.1) is 10.2 Å². The first-order valence-corrected chi connectivity index (χ1v) is 9.49. The summed E-state index contributed by atoms with van der Waals surface area (Å²) in [6, 6.07) is 7.84. The molecule has 2 aromatic rings. The Morgan fingerprint density at radius 1 is 1.30 bits per heavy atom. The second-order valence-corrected chi connectivity index (χ2v) is 8.12. The van der Waals surface area contributed by atoms with Crippen molar-refractivity contribution >= 4 is 10.0 Å². The van der Waals surface area contributed by atoms with Gasteiger partial charge in [-0.1, -0.05) is 18.2 Å². The fourth-order valence-electron chi connectivity index (χ4n) is 2.90. The maximum Gasteiger partial charge on any atom is 0.248 e. The Morgan fingerprint density at radius 3 is 2.83 bits per heavy atom. The van der Waals surface area contributed by atoms with E-state index < -0.39 is 10.0 Å². The maximum absolute atomic E-state index is 12.1. The quantitative estimate of drug-likeness (QED) is 0.858. The van der Waals surface area contributed by atoms with E-state index in [0.717, 1.165) is 24.0 Å². The lowest BCUT2D eigenvalue weighted by Gasteiger charge is -2.29. The van der Waals surface area contributed by atoms with Crippen LogP contribution in [0.1, 0.15) is 37.1 Å². The van der Waals surface area contributed by atoms with Crippen LogP contribution in [0.3, 0.4) is 0 Å². The van der Waals surface area contributed by atoms with Crippen LogP contribution in [-0.2, 0) is 10.0 Å². The Hall–Kier alpha value is -1.73. The normalized spacial score (nSPS) is 19.8. The number of sulfonamides is 1. The Kier molecular flexibility index (Phi) is 4.50. The van der Waals surface area contributed by atoms with Gasteiger partial charge in [0, 0.05) is 18.7 Å². The molecule has 1 fully saturated rings. The van der Waals surface area contributed by atoms with Gasteiger partial charge in [-0.3, -0.25) is 0 Å². The van der Waals surface area contributed by atoms with Gasteiger partial charge in [-0.25, -0.2) is 12.7 Å². The van der Waals surface area contributed by atoms with Gasteiger partial charge in [-0.05, 0) is 38.3 Å². The van der Waals surface area contributed by atoms with E-state index in [0.29, 0.717) is 24.9 Å². The predicted molar refractivity (Wildman–Crippen MR) is 87.5 cm³/mol. The van der Waals surface area contributed by atoms with Crippen molar-refractivity contribution in [3.05, 3.63) is 35.7 Å². The first kappa shape index (κ1) is 16.1. The van der Waals surface area contributed by atoms with Crippen molar-refractivity contribution in [3.8, 4) is 11.5 Å². The molecule has 7 heteroatoms. The third-order valence-corrected chi connectivity index (χ3v) is 6.16. The molecule has 23 heavy (non-hydrogen) atoms. The Bertz CT molecular complexity index is 785. The zero-order valence-electron chi connectivity index (χ0n) is 13.4. The molecule has 1 aliphatic heterocycles. The largest absolute Gasteiger partial charge is 0.420 e. The van der Waals surface area contributed by atoms with E-state index in [9.17, 15) is 8.42 Å². The Morgan fingerprint density at radius 2 is 2.09 bits per heavy atom. The van der Waals surface area contributed by atoms with Crippen LogP contribution in [0.25, 0.3) is 11.5 Å². The number of hydrogen-bond acceptors (Lipinski definition) is 5. The van der Waals surface area contributed by atoms with Gasteiger partial charge in [0.25, 0.3) is 0 Å². The second-order valence-electron chi connectivity index (χ2n) is 5.86. The summed E-state index contributed by atoms with van der Waals surface area (Å²) in [4.78, 5) is 0. The van der Waals surface area contributed by atoms with Crippen molar-refractivity contribution in [2.24, 2.45) is 0 Å². The smallest absolute Gasteiger partial charge is 0.248 e.